The van der Waals surface area contributed by atoms with E-state index in [4.69, 9.17) is 4.74 Å². The first-order chi connectivity index (χ1) is 5.35. The quantitative estimate of drug-likeness (QED) is 0.646. The predicted molar refractivity (Wildman–Crippen MR) is 53.5 cm³/mol. The Hall–Kier alpha value is -0.0800. The van der Waals surface area contributed by atoms with Crippen LogP contribution in [-0.4, -0.2) is 36.7 Å². The SMILES string of the molecule is CCN(C)C[C@@H](C)OC(C)(C)C. The van der Waals surface area contributed by atoms with Crippen LogP contribution in [0.4, 0.5) is 0 Å². The minimum Gasteiger partial charge on any atom is -0.372 e. The lowest BCUT2D eigenvalue weighted by Crippen LogP contribution is -2.34. The van der Waals surface area contributed by atoms with Gasteiger partial charge in [-0.3, -0.25) is 0 Å². The number of hydrogen-bond donors (Lipinski definition) is 0. The van der Waals surface area contributed by atoms with Crippen molar-refractivity contribution in [2.45, 2.75) is 46.3 Å². The molecule has 2 nitrogen and oxygen atoms in total. The lowest BCUT2D eigenvalue weighted by Gasteiger charge is -2.27. The smallest absolute Gasteiger partial charge is 0.0680 e. The lowest BCUT2D eigenvalue weighted by molar-refractivity contribution is -0.0603. The van der Waals surface area contributed by atoms with Gasteiger partial charge in [-0.15, -0.1) is 0 Å². The van der Waals surface area contributed by atoms with Crippen molar-refractivity contribution in [2.75, 3.05) is 20.1 Å². The summed E-state index contributed by atoms with van der Waals surface area (Å²) in [6.45, 7) is 12.6. The van der Waals surface area contributed by atoms with Crippen molar-refractivity contribution >= 4 is 0 Å². The molecule has 0 N–H and O–H groups in total. The number of ether oxygens (including phenoxy) is 1. The van der Waals surface area contributed by atoms with Gasteiger partial charge in [0.1, 0.15) is 0 Å². The van der Waals surface area contributed by atoms with Crippen LogP contribution in [0.1, 0.15) is 34.6 Å². The minimum atomic E-state index is -0.0198. The standard InChI is InChI=1S/C10H23NO/c1-7-11(6)8-9(2)12-10(3,4)5/h9H,7-8H2,1-6H3/t9-/m1/s1. The van der Waals surface area contributed by atoms with Crippen LogP contribution in [0.3, 0.4) is 0 Å². The summed E-state index contributed by atoms with van der Waals surface area (Å²) in [5.41, 5.74) is -0.0198. The van der Waals surface area contributed by atoms with E-state index in [-0.39, 0.29) is 5.60 Å². The molecule has 0 saturated heterocycles. The first-order valence-corrected chi connectivity index (χ1v) is 4.71. The van der Waals surface area contributed by atoms with Crippen molar-refractivity contribution in [3.8, 4) is 0 Å². The molecule has 12 heavy (non-hydrogen) atoms. The summed E-state index contributed by atoms with van der Waals surface area (Å²) in [5, 5.41) is 0. The van der Waals surface area contributed by atoms with Crippen LogP contribution in [0, 0.1) is 0 Å². The summed E-state index contributed by atoms with van der Waals surface area (Å²) in [5.74, 6) is 0. The fourth-order valence-electron chi connectivity index (χ4n) is 1.21. The molecule has 1 atom stereocenters. The van der Waals surface area contributed by atoms with E-state index in [0.717, 1.165) is 13.1 Å². The van der Waals surface area contributed by atoms with E-state index in [1.807, 2.05) is 0 Å². The summed E-state index contributed by atoms with van der Waals surface area (Å²) < 4.78 is 5.77. The van der Waals surface area contributed by atoms with E-state index in [0.29, 0.717) is 6.10 Å². The van der Waals surface area contributed by atoms with Crippen molar-refractivity contribution in [1.82, 2.24) is 4.90 Å². The van der Waals surface area contributed by atoms with Gasteiger partial charge in [0.25, 0.3) is 0 Å². The molecule has 0 aromatic carbocycles. The highest BCUT2D eigenvalue weighted by Crippen LogP contribution is 2.10. The van der Waals surface area contributed by atoms with Crippen molar-refractivity contribution in [3.63, 3.8) is 0 Å². The van der Waals surface area contributed by atoms with Gasteiger partial charge in [-0.05, 0) is 41.3 Å². The number of hydrogen-bond acceptors (Lipinski definition) is 2. The number of likely N-dealkylation sites (N-methyl/N-ethyl adjacent to an activating group) is 1. The molecule has 0 saturated carbocycles. The van der Waals surface area contributed by atoms with Crippen molar-refractivity contribution in [3.05, 3.63) is 0 Å². The minimum absolute atomic E-state index is 0.0198. The molecule has 0 amide bonds. The molecule has 0 aliphatic rings. The Kier molecular flexibility index (Phi) is 4.80. The highest BCUT2D eigenvalue weighted by molar-refractivity contribution is 4.65. The molecule has 0 bridgehead atoms. The molecule has 0 aliphatic carbocycles. The molecule has 0 radical (unpaired) electrons. The topological polar surface area (TPSA) is 12.5 Å². The molecule has 0 rings (SSSR count). The van der Waals surface area contributed by atoms with Gasteiger partial charge < -0.3 is 9.64 Å². The molecule has 2 heteroatoms. The molecule has 0 spiro atoms. The molecule has 0 aromatic heterocycles. The molecule has 0 aromatic rings. The lowest BCUT2D eigenvalue weighted by atomic mass is 10.2. The summed E-state index contributed by atoms with van der Waals surface area (Å²) in [7, 11) is 2.11. The van der Waals surface area contributed by atoms with E-state index >= 15 is 0 Å². The van der Waals surface area contributed by atoms with E-state index in [1.165, 1.54) is 0 Å². The Bertz CT molecular complexity index is 117. The molecule has 74 valence electrons. The van der Waals surface area contributed by atoms with Gasteiger partial charge in [0.15, 0.2) is 0 Å². The Morgan fingerprint density at radius 2 is 1.83 bits per heavy atom. The van der Waals surface area contributed by atoms with Crippen LogP contribution in [-0.2, 0) is 4.74 Å². The van der Waals surface area contributed by atoms with Crippen LogP contribution in [0.5, 0.6) is 0 Å². The maximum absolute atomic E-state index is 5.77. The van der Waals surface area contributed by atoms with Gasteiger partial charge in [0, 0.05) is 6.54 Å². The monoisotopic (exact) mass is 173 g/mol. The first-order valence-electron chi connectivity index (χ1n) is 4.71. The van der Waals surface area contributed by atoms with Gasteiger partial charge in [-0.1, -0.05) is 6.92 Å². The third kappa shape index (κ3) is 6.62. The van der Waals surface area contributed by atoms with Crippen LogP contribution in [0.15, 0.2) is 0 Å². The molecule has 0 fully saturated rings. The Labute approximate surface area is 76.9 Å². The third-order valence-corrected chi connectivity index (χ3v) is 1.66. The summed E-state index contributed by atoms with van der Waals surface area (Å²) >= 11 is 0. The number of nitrogens with zero attached hydrogens (tertiary/aromatic N) is 1. The fraction of sp³-hybridized carbons (Fsp3) is 1.00. The van der Waals surface area contributed by atoms with Gasteiger partial charge in [-0.2, -0.15) is 0 Å². The molecular formula is C10H23NO. The van der Waals surface area contributed by atoms with Gasteiger partial charge in [0.05, 0.1) is 11.7 Å². The van der Waals surface area contributed by atoms with E-state index in [1.54, 1.807) is 0 Å². The second kappa shape index (κ2) is 4.83. The second-order valence-electron chi connectivity index (χ2n) is 4.40. The van der Waals surface area contributed by atoms with Crippen LogP contribution in [0.2, 0.25) is 0 Å². The third-order valence-electron chi connectivity index (χ3n) is 1.66. The number of rotatable bonds is 4. The van der Waals surface area contributed by atoms with Crippen LogP contribution in [0.25, 0.3) is 0 Å². The highest BCUT2D eigenvalue weighted by Gasteiger charge is 2.15. The van der Waals surface area contributed by atoms with Crippen molar-refractivity contribution in [1.29, 1.82) is 0 Å². The normalized spacial score (nSPS) is 15.2. The van der Waals surface area contributed by atoms with Gasteiger partial charge >= 0.3 is 0 Å². The average molecular weight is 173 g/mol. The maximum Gasteiger partial charge on any atom is 0.0680 e. The Morgan fingerprint density at radius 1 is 1.33 bits per heavy atom. The maximum atomic E-state index is 5.77. The Balaban J connectivity index is 3.66. The van der Waals surface area contributed by atoms with Crippen LogP contribution >= 0.6 is 0 Å². The first kappa shape index (κ1) is 11.9. The fourth-order valence-corrected chi connectivity index (χ4v) is 1.21. The van der Waals surface area contributed by atoms with Crippen molar-refractivity contribution in [2.24, 2.45) is 0 Å². The van der Waals surface area contributed by atoms with E-state index < -0.39 is 0 Å². The van der Waals surface area contributed by atoms with Crippen LogP contribution < -0.4 is 0 Å². The van der Waals surface area contributed by atoms with Crippen molar-refractivity contribution < 1.29 is 4.74 Å². The van der Waals surface area contributed by atoms with E-state index in [2.05, 4.69) is 46.6 Å². The largest absolute Gasteiger partial charge is 0.372 e. The zero-order valence-corrected chi connectivity index (χ0v) is 9.35. The Morgan fingerprint density at radius 3 is 2.17 bits per heavy atom. The molecule has 0 aliphatic heterocycles. The van der Waals surface area contributed by atoms with Gasteiger partial charge in [0.2, 0.25) is 0 Å². The molecule has 0 heterocycles. The zero-order chi connectivity index (χ0) is 9.78. The van der Waals surface area contributed by atoms with E-state index in [9.17, 15) is 0 Å². The summed E-state index contributed by atoms with van der Waals surface area (Å²) in [6.07, 6.45) is 0.315. The second-order valence-corrected chi connectivity index (χ2v) is 4.40. The predicted octanol–water partition coefficient (Wildman–Crippen LogP) is 2.14. The summed E-state index contributed by atoms with van der Waals surface area (Å²) in [6, 6.07) is 0. The molecular weight excluding hydrogens is 150 g/mol. The highest BCUT2D eigenvalue weighted by atomic mass is 16.5. The average Bonchev–Trinajstić information content (AvgIpc) is 1.82. The summed E-state index contributed by atoms with van der Waals surface area (Å²) in [4.78, 5) is 2.26. The molecule has 0 unspecified atom stereocenters. The van der Waals surface area contributed by atoms with Gasteiger partial charge in [-0.25, -0.2) is 0 Å². The zero-order valence-electron chi connectivity index (χ0n) is 9.35.